The fourth-order valence-corrected chi connectivity index (χ4v) is 4.38. The highest BCUT2D eigenvalue weighted by Gasteiger charge is 2.39. The molecule has 0 aromatic heterocycles. The van der Waals surface area contributed by atoms with Crippen molar-refractivity contribution in [1.82, 2.24) is 0 Å². The highest BCUT2D eigenvalue weighted by molar-refractivity contribution is 6.81. The van der Waals surface area contributed by atoms with Crippen LogP contribution < -0.4 is 0 Å². The van der Waals surface area contributed by atoms with Crippen LogP contribution in [0.4, 0.5) is 0 Å². The SMILES string of the molecule is CC(=C\[C@@H](C)[C@@H](/C=C/[Si](C)(C)C)O[Si](C)(C)C(C)(C)C)/C=C(\C)CCl. The third-order valence-electron chi connectivity index (χ3n) is 4.75. The van der Waals surface area contributed by atoms with E-state index in [1.165, 1.54) is 11.1 Å². The average molecular weight is 401 g/mol. The predicted molar refractivity (Wildman–Crippen MR) is 122 cm³/mol. The Kier molecular flexibility index (Phi) is 9.69. The van der Waals surface area contributed by atoms with Gasteiger partial charge < -0.3 is 4.43 Å². The molecule has 4 heteroatoms. The minimum Gasteiger partial charge on any atom is -0.410 e. The van der Waals surface area contributed by atoms with E-state index in [9.17, 15) is 0 Å². The van der Waals surface area contributed by atoms with E-state index >= 15 is 0 Å². The van der Waals surface area contributed by atoms with E-state index < -0.39 is 16.4 Å². The van der Waals surface area contributed by atoms with E-state index in [1.54, 1.807) is 0 Å². The molecule has 0 rings (SSSR count). The first kappa shape index (κ1) is 24.9. The molecule has 0 aliphatic heterocycles. The van der Waals surface area contributed by atoms with Crippen molar-refractivity contribution in [2.75, 3.05) is 5.88 Å². The molecule has 0 radical (unpaired) electrons. The number of hydrogen-bond acceptors (Lipinski definition) is 1. The van der Waals surface area contributed by atoms with Gasteiger partial charge in [-0.05, 0) is 32.0 Å². The largest absolute Gasteiger partial charge is 0.410 e. The molecule has 0 saturated carbocycles. The average Bonchev–Trinajstić information content (AvgIpc) is 2.40. The van der Waals surface area contributed by atoms with Crippen molar-refractivity contribution in [3.05, 3.63) is 35.1 Å². The number of halogens is 1. The van der Waals surface area contributed by atoms with Crippen LogP contribution in [-0.4, -0.2) is 28.4 Å². The molecule has 0 aromatic rings. The van der Waals surface area contributed by atoms with Crippen molar-refractivity contribution in [3.63, 3.8) is 0 Å². The molecule has 0 aromatic carbocycles. The first-order valence-electron chi connectivity index (χ1n) is 9.38. The minimum atomic E-state index is -1.82. The monoisotopic (exact) mass is 400 g/mol. The molecule has 0 N–H and O–H groups in total. The maximum absolute atomic E-state index is 6.77. The van der Waals surface area contributed by atoms with E-state index in [2.05, 4.69) is 98.2 Å². The van der Waals surface area contributed by atoms with Gasteiger partial charge in [0.2, 0.25) is 0 Å². The van der Waals surface area contributed by atoms with E-state index in [0.29, 0.717) is 11.8 Å². The van der Waals surface area contributed by atoms with Crippen molar-refractivity contribution in [1.29, 1.82) is 0 Å². The second kappa shape index (κ2) is 9.73. The topological polar surface area (TPSA) is 9.23 Å². The third-order valence-corrected chi connectivity index (χ3v) is 10.8. The summed E-state index contributed by atoms with van der Waals surface area (Å²) in [5, 5.41) is 0.214. The molecular weight excluding hydrogens is 360 g/mol. The second-order valence-electron chi connectivity index (χ2n) is 9.96. The summed E-state index contributed by atoms with van der Waals surface area (Å²) in [5.41, 5.74) is 4.88. The van der Waals surface area contributed by atoms with Gasteiger partial charge in [-0.3, -0.25) is 0 Å². The van der Waals surface area contributed by atoms with Gasteiger partial charge in [0.1, 0.15) is 0 Å². The fraction of sp³-hybridized carbons (Fsp3) is 0.714. The Morgan fingerprint density at radius 2 is 1.60 bits per heavy atom. The zero-order valence-electron chi connectivity index (χ0n) is 18.5. The Balaban J connectivity index is 5.60. The summed E-state index contributed by atoms with van der Waals surface area (Å²) < 4.78 is 6.77. The van der Waals surface area contributed by atoms with Crippen molar-refractivity contribution >= 4 is 28.0 Å². The zero-order valence-corrected chi connectivity index (χ0v) is 21.2. The van der Waals surface area contributed by atoms with Crippen LogP contribution >= 0.6 is 11.6 Å². The van der Waals surface area contributed by atoms with Crippen LogP contribution in [0.15, 0.2) is 35.1 Å². The molecule has 0 fully saturated rings. The second-order valence-corrected chi connectivity index (χ2v) is 20.1. The summed E-state index contributed by atoms with van der Waals surface area (Å²) >= 11 is 5.91. The molecule has 0 saturated heterocycles. The standard InChI is InChI=1S/C21H41ClOSi2/c1-17(14-18(2)16-22)15-19(3)20(12-13-24(7,8)9)23-25(10,11)21(4,5)6/h12-15,19-20H,16H2,1-11H3/b13-12+,17-15+,18-14+/t19-,20-/m1/s1. The smallest absolute Gasteiger partial charge is 0.192 e. The van der Waals surface area contributed by atoms with Gasteiger partial charge in [0.25, 0.3) is 0 Å². The fourth-order valence-electron chi connectivity index (χ4n) is 2.21. The Labute approximate surface area is 164 Å². The first-order chi connectivity index (χ1) is 11.1. The molecule has 0 heterocycles. The molecule has 0 aliphatic carbocycles. The molecule has 0 aliphatic rings. The predicted octanol–water partition coefficient (Wildman–Crippen LogP) is 7.58. The maximum Gasteiger partial charge on any atom is 0.192 e. The maximum atomic E-state index is 6.77. The highest BCUT2D eigenvalue weighted by atomic mass is 35.5. The van der Waals surface area contributed by atoms with Gasteiger partial charge in [-0.2, -0.15) is 0 Å². The van der Waals surface area contributed by atoms with Gasteiger partial charge >= 0.3 is 0 Å². The van der Waals surface area contributed by atoms with Gasteiger partial charge in [-0.15, -0.1) is 11.6 Å². The molecular formula is C21H41ClOSi2. The van der Waals surface area contributed by atoms with Crippen molar-refractivity contribution in [3.8, 4) is 0 Å². The zero-order chi connectivity index (χ0) is 20.1. The molecule has 1 nitrogen and oxygen atoms in total. The Morgan fingerprint density at radius 3 is 2.00 bits per heavy atom. The number of hydrogen-bond donors (Lipinski definition) is 0. The number of allylic oxidation sites excluding steroid dienone is 3. The number of alkyl halides is 1. The summed E-state index contributed by atoms with van der Waals surface area (Å²) in [5.74, 6) is 0.917. The van der Waals surface area contributed by atoms with E-state index in [-0.39, 0.29) is 11.1 Å². The summed E-state index contributed by atoms with van der Waals surface area (Å²) in [4.78, 5) is 0. The van der Waals surface area contributed by atoms with Crippen LogP contribution in [0, 0.1) is 5.92 Å². The lowest BCUT2D eigenvalue weighted by atomic mass is 10.0. The van der Waals surface area contributed by atoms with Crippen LogP contribution in [0.1, 0.15) is 41.5 Å². The van der Waals surface area contributed by atoms with Crippen LogP contribution in [0.25, 0.3) is 0 Å². The minimum absolute atomic E-state index is 0.132. The van der Waals surface area contributed by atoms with Gasteiger partial charge in [-0.25, -0.2) is 0 Å². The molecule has 0 unspecified atom stereocenters. The summed E-state index contributed by atoms with van der Waals surface area (Å²) in [6.07, 6.45) is 6.96. The quantitative estimate of drug-likeness (QED) is 0.231. The van der Waals surface area contributed by atoms with Crippen LogP contribution in [0.2, 0.25) is 37.8 Å². The molecule has 0 bridgehead atoms. The Hall–Kier alpha value is -0.0962. The van der Waals surface area contributed by atoms with E-state index in [0.717, 1.165) is 0 Å². The normalized spacial score (nSPS) is 17.9. The van der Waals surface area contributed by atoms with Crippen LogP contribution in [-0.2, 0) is 4.43 Å². The molecule has 0 amide bonds. The lowest BCUT2D eigenvalue weighted by molar-refractivity contribution is 0.190. The first-order valence-corrected chi connectivity index (χ1v) is 16.4. The van der Waals surface area contributed by atoms with Crippen LogP contribution in [0.5, 0.6) is 0 Å². The molecule has 25 heavy (non-hydrogen) atoms. The Bertz CT molecular complexity index is 505. The van der Waals surface area contributed by atoms with E-state index in [4.69, 9.17) is 16.0 Å². The van der Waals surface area contributed by atoms with Gasteiger partial charge in [-0.1, -0.05) is 82.4 Å². The molecule has 2 atom stereocenters. The van der Waals surface area contributed by atoms with Gasteiger partial charge in [0.15, 0.2) is 8.32 Å². The van der Waals surface area contributed by atoms with Crippen LogP contribution in [0.3, 0.4) is 0 Å². The lowest BCUT2D eigenvalue weighted by Gasteiger charge is -2.40. The van der Waals surface area contributed by atoms with Crippen molar-refractivity contribution in [2.45, 2.75) is 85.4 Å². The van der Waals surface area contributed by atoms with E-state index in [1.807, 2.05) is 0 Å². The van der Waals surface area contributed by atoms with Gasteiger partial charge in [0.05, 0.1) is 14.2 Å². The molecule has 0 spiro atoms. The lowest BCUT2D eigenvalue weighted by Crippen LogP contribution is -2.45. The number of rotatable bonds is 8. The van der Waals surface area contributed by atoms with Crippen molar-refractivity contribution in [2.24, 2.45) is 5.92 Å². The van der Waals surface area contributed by atoms with Gasteiger partial charge in [0, 0.05) is 11.8 Å². The third kappa shape index (κ3) is 9.98. The highest BCUT2D eigenvalue weighted by Crippen LogP contribution is 2.38. The molecule has 146 valence electrons. The Morgan fingerprint density at radius 1 is 1.08 bits per heavy atom. The summed E-state index contributed by atoms with van der Waals surface area (Å²) in [6, 6.07) is 0. The summed E-state index contributed by atoms with van der Waals surface area (Å²) in [6.45, 7) is 25.2. The summed E-state index contributed by atoms with van der Waals surface area (Å²) in [7, 11) is -3.07. The van der Waals surface area contributed by atoms with Crippen molar-refractivity contribution < 1.29 is 4.43 Å².